The normalized spacial score (nSPS) is 19.9. The van der Waals surface area contributed by atoms with Crippen LogP contribution in [0.15, 0.2) is 29.4 Å². The summed E-state index contributed by atoms with van der Waals surface area (Å²) in [6, 6.07) is 7.76. The van der Waals surface area contributed by atoms with Crippen LogP contribution >= 0.6 is 11.8 Å². The van der Waals surface area contributed by atoms with Gasteiger partial charge in [0.15, 0.2) is 5.82 Å². The van der Waals surface area contributed by atoms with Crippen LogP contribution in [0.5, 0.6) is 5.75 Å². The van der Waals surface area contributed by atoms with Crippen LogP contribution in [0.1, 0.15) is 31.7 Å². The topological polar surface area (TPSA) is 86.3 Å². The molecule has 1 aliphatic heterocycles. The minimum Gasteiger partial charge on any atom is -0.497 e. The van der Waals surface area contributed by atoms with Crippen molar-refractivity contribution in [1.82, 2.24) is 19.8 Å². The summed E-state index contributed by atoms with van der Waals surface area (Å²) in [4.78, 5) is 14.5. The summed E-state index contributed by atoms with van der Waals surface area (Å²) in [6.45, 7) is 6.07. The molecule has 1 aromatic heterocycles. The molecule has 8 heteroatoms. The monoisotopic (exact) mass is 389 g/mol. The third kappa shape index (κ3) is 4.94. The van der Waals surface area contributed by atoms with Gasteiger partial charge in [-0.25, -0.2) is 4.68 Å². The molecular weight excluding hydrogens is 362 g/mol. The Bertz CT molecular complexity index is 767. The van der Waals surface area contributed by atoms with Crippen molar-refractivity contribution in [3.8, 4) is 5.75 Å². The molecule has 0 aliphatic carbocycles. The molecule has 1 amide bonds. The molecule has 7 nitrogen and oxygen atoms in total. The Morgan fingerprint density at radius 2 is 1.89 bits per heavy atom. The molecule has 2 aromatic rings. The van der Waals surface area contributed by atoms with E-state index in [1.165, 1.54) is 22.9 Å². The van der Waals surface area contributed by atoms with Crippen LogP contribution in [-0.2, 0) is 11.2 Å². The van der Waals surface area contributed by atoms with E-state index in [-0.39, 0.29) is 5.91 Å². The lowest BCUT2D eigenvalue weighted by molar-refractivity contribution is -0.130. The van der Waals surface area contributed by atoms with Crippen LogP contribution in [0.25, 0.3) is 0 Å². The van der Waals surface area contributed by atoms with Crippen LogP contribution in [0.3, 0.4) is 0 Å². The molecule has 27 heavy (non-hydrogen) atoms. The van der Waals surface area contributed by atoms with E-state index in [9.17, 15) is 4.79 Å². The number of thioether (sulfide) groups is 1. The SMILES string of the molecule is COc1ccc(Cc2nnc(SCC(=O)N3C[C@H](C)C[C@H](C)C3)n2N)cc1. The van der Waals surface area contributed by atoms with Gasteiger partial charge in [0.1, 0.15) is 5.75 Å². The maximum atomic E-state index is 12.5. The molecule has 0 saturated carbocycles. The number of nitrogens with two attached hydrogens (primary N) is 1. The Hall–Kier alpha value is -2.22. The van der Waals surface area contributed by atoms with E-state index in [0.29, 0.717) is 35.0 Å². The molecule has 1 aromatic carbocycles. The molecule has 1 fully saturated rings. The lowest BCUT2D eigenvalue weighted by Crippen LogP contribution is -2.43. The average molecular weight is 390 g/mol. The number of ether oxygens (including phenoxy) is 1. The van der Waals surface area contributed by atoms with Crippen LogP contribution in [0.2, 0.25) is 0 Å². The van der Waals surface area contributed by atoms with Crippen molar-refractivity contribution in [1.29, 1.82) is 0 Å². The highest BCUT2D eigenvalue weighted by Crippen LogP contribution is 2.23. The number of amides is 1. The predicted octanol–water partition coefficient (Wildman–Crippen LogP) is 2.19. The number of benzene rings is 1. The maximum absolute atomic E-state index is 12.5. The lowest BCUT2D eigenvalue weighted by Gasteiger charge is -2.34. The van der Waals surface area contributed by atoms with Crippen molar-refractivity contribution >= 4 is 17.7 Å². The number of hydrogen-bond acceptors (Lipinski definition) is 6. The number of methoxy groups -OCH3 is 1. The van der Waals surface area contributed by atoms with Gasteiger partial charge in [0.25, 0.3) is 0 Å². The third-order valence-corrected chi connectivity index (χ3v) is 5.73. The smallest absolute Gasteiger partial charge is 0.233 e. The minimum atomic E-state index is 0.137. The summed E-state index contributed by atoms with van der Waals surface area (Å²) in [6.07, 6.45) is 1.76. The Labute approximate surface area is 164 Å². The third-order valence-electron chi connectivity index (χ3n) is 4.80. The van der Waals surface area contributed by atoms with Gasteiger partial charge >= 0.3 is 0 Å². The number of nitrogen functional groups attached to an aromatic ring is 1. The van der Waals surface area contributed by atoms with Gasteiger partial charge in [-0.05, 0) is 36.0 Å². The highest BCUT2D eigenvalue weighted by atomic mass is 32.2. The summed E-state index contributed by atoms with van der Waals surface area (Å²) >= 11 is 1.34. The Morgan fingerprint density at radius 1 is 1.22 bits per heavy atom. The van der Waals surface area contributed by atoms with E-state index in [1.54, 1.807) is 7.11 Å². The van der Waals surface area contributed by atoms with Crippen molar-refractivity contribution < 1.29 is 9.53 Å². The molecule has 2 atom stereocenters. The van der Waals surface area contributed by atoms with E-state index >= 15 is 0 Å². The minimum absolute atomic E-state index is 0.137. The van der Waals surface area contributed by atoms with Gasteiger partial charge < -0.3 is 15.5 Å². The molecular formula is C19H27N5O2S. The fraction of sp³-hybridized carbons (Fsp3) is 0.526. The maximum Gasteiger partial charge on any atom is 0.233 e. The molecule has 1 aliphatic rings. The van der Waals surface area contributed by atoms with Crippen LogP contribution in [0.4, 0.5) is 0 Å². The number of carbonyl (C=O) groups excluding carboxylic acids is 1. The Morgan fingerprint density at radius 3 is 2.52 bits per heavy atom. The molecule has 2 N–H and O–H groups in total. The summed E-state index contributed by atoms with van der Waals surface area (Å²) < 4.78 is 6.64. The average Bonchev–Trinajstić information content (AvgIpc) is 2.99. The Kier molecular flexibility index (Phi) is 6.26. The summed E-state index contributed by atoms with van der Waals surface area (Å²) in [5, 5.41) is 8.89. The highest BCUT2D eigenvalue weighted by Gasteiger charge is 2.25. The second-order valence-corrected chi connectivity index (χ2v) is 8.27. The quantitative estimate of drug-likeness (QED) is 0.602. The summed E-state index contributed by atoms with van der Waals surface area (Å²) in [5.74, 6) is 9.18. The lowest BCUT2D eigenvalue weighted by atomic mass is 9.92. The molecule has 0 unspecified atom stereocenters. The van der Waals surface area contributed by atoms with E-state index in [4.69, 9.17) is 10.6 Å². The standard InChI is InChI=1S/C19H27N5O2S/c1-13-8-14(2)11-23(10-13)18(25)12-27-19-22-21-17(24(19)20)9-15-4-6-16(26-3)7-5-15/h4-7,13-14H,8-12,20H2,1-3H3/t13-,14+. The van der Waals surface area contributed by atoms with Crippen molar-refractivity contribution in [3.63, 3.8) is 0 Å². The molecule has 2 heterocycles. The van der Waals surface area contributed by atoms with Crippen LogP contribution in [-0.4, -0.2) is 51.6 Å². The first-order valence-electron chi connectivity index (χ1n) is 9.19. The molecule has 146 valence electrons. The van der Waals surface area contributed by atoms with Crippen molar-refractivity contribution in [2.45, 2.75) is 31.8 Å². The molecule has 3 rings (SSSR count). The van der Waals surface area contributed by atoms with Crippen molar-refractivity contribution in [2.24, 2.45) is 11.8 Å². The fourth-order valence-corrected chi connectivity index (χ4v) is 4.31. The second-order valence-electron chi connectivity index (χ2n) is 7.33. The zero-order valence-corrected chi connectivity index (χ0v) is 16.9. The zero-order chi connectivity index (χ0) is 19.4. The van der Waals surface area contributed by atoms with Crippen molar-refractivity contribution in [3.05, 3.63) is 35.7 Å². The number of piperidine rings is 1. The fourth-order valence-electron chi connectivity index (χ4n) is 3.54. The van der Waals surface area contributed by atoms with E-state index < -0.39 is 0 Å². The number of rotatable bonds is 6. The molecule has 0 radical (unpaired) electrons. The highest BCUT2D eigenvalue weighted by molar-refractivity contribution is 7.99. The van der Waals surface area contributed by atoms with Gasteiger partial charge in [-0.15, -0.1) is 10.2 Å². The van der Waals surface area contributed by atoms with Crippen LogP contribution in [0, 0.1) is 11.8 Å². The Balaban J connectivity index is 1.57. The van der Waals surface area contributed by atoms with Crippen LogP contribution < -0.4 is 10.6 Å². The molecule has 1 saturated heterocycles. The summed E-state index contributed by atoms with van der Waals surface area (Å²) in [7, 11) is 1.64. The zero-order valence-electron chi connectivity index (χ0n) is 16.1. The number of carbonyl (C=O) groups is 1. The number of nitrogens with zero attached hydrogens (tertiary/aromatic N) is 4. The van der Waals surface area contributed by atoms with Gasteiger partial charge in [0, 0.05) is 19.5 Å². The predicted molar refractivity (Wildman–Crippen MR) is 106 cm³/mol. The first kappa shape index (κ1) is 19.5. The number of likely N-dealkylation sites (tertiary alicyclic amines) is 1. The second kappa shape index (κ2) is 8.65. The van der Waals surface area contributed by atoms with Gasteiger partial charge in [0.2, 0.25) is 11.1 Å². The first-order valence-corrected chi connectivity index (χ1v) is 10.2. The van der Waals surface area contributed by atoms with E-state index in [1.807, 2.05) is 29.2 Å². The summed E-state index contributed by atoms with van der Waals surface area (Å²) in [5.41, 5.74) is 1.07. The van der Waals surface area contributed by atoms with Gasteiger partial charge in [0.05, 0.1) is 12.9 Å². The van der Waals surface area contributed by atoms with Gasteiger partial charge in [-0.3, -0.25) is 4.79 Å². The largest absolute Gasteiger partial charge is 0.497 e. The van der Waals surface area contributed by atoms with Gasteiger partial charge in [-0.1, -0.05) is 37.7 Å². The van der Waals surface area contributed by atoms with E-state index in [0.717, 1.165) is 24.4 Å². The number of hydrogen-bond donors (Lipinski definition) is 1. The first-order chi connectivity index (χ1) is 13.0. The van der Waals surface area contributed by atoms with Crippen molar-refractivity contribution in [2.75, 3.05) is 31.8 Å². The molecule has 0 bridgehead atoms. The van der Waals surface area contributed by atoms with E-state index in [2.05, 4.69) is 24.0 Å². The van der Waals surface area contributed by atoms with Gasteiger partial charge in [-0.2, -0.15) is 0 Å². The number of aromatic nitrogens is 3. The molecule has 0 spiro atoms.